The van der Waals surface area contributed by atoms with E-state index in [1.807, 2.05) is 6.92 Å². The Morgan fingerprint density at radius 1 is 1.38 bits per heavy atom. The summed E-state index contributed by atoms with van der Waals surface area (Å²) in [5.74, 6) is -1.14. The molecule has 1 heterocycles. The number of halogens is 1. The number of hydrogen-bond acceptors (Lipinski definition) is 4. The fraction of sp³-hybridized carbons (Fsp3) is 0.500. The molecule has 0 aromatic heterocycles. The Hall–Kier alpha value is -1.44. The first-order valence-corrected chi connectivity index (χ1v) is 7.03. The molecule has 3 N–H and O–H groups in total. The number of nitrogens with zero attached hydrogens (tertiary/aromatic N) is 1. The van der Waals surface area contributed by atoms with E-state index in [0.29, 0.717) is 32.4 Å². The van der Waals surface area contributed by atoms with E-state index in [0.717, 1.165) is 6.07 Å². The lowest BCUT2D eigenvalue weighted by Gasteiger charge is -2.37. The average Bonchev–Trinajstić information content (AvgIpc) is 2.47. The maximum atomic E-state index is 13.7. The van der Waals surface area contributed by atoms with Crippen LogP contribution in [0.1, 0.15) is 36.5 Å². The quantitative estimate of drug-likeness (QED) is 0.679. The van der Waals surface area contributed by atoms with Crippen LogP contribution in [0, 0.1) is 5.82 Å². The van der Waals surface area contributed by atoms with Gasteiger partial charge in [0.05, 0.1) is 5.60 Å². The highest BCUT2D eigenvalue weighted by Gasteiger charge is 2.32. The number of benzene rings is 1. The minimum absolute atomic E-state index is 0.166. The molecule has 2 rings (SSSR count). The third-order valence-electron chi connectivity index (χ3n) is 4.17. The minimum Gasteiger partial charge on any atom is -0.423 e. The van der Waals surface area contributed by atoms with Gasteiger partial charge in [-0.05, 0) is 31.4 Å². The summed E-state index contributed by atoms with van der Waals surface area (Å²) in [5, 5.41) is 28.1. The first-order chi connectivity index (χ1) is 9.86. The number of carbonyl (C=O) groups is 1. The number of hydrogen-bond donors (Lipinski definition) is 3. The Labute approximate surface area is 123 Å². The van der Waals surface area contributed by atoms with E-state index in [-0.39, 0.29) is 16.9 Å². The second-order valence-electron chi connectivity index (χ2n) is 5.48. The van der Waals surface area contributed by atoms with Gasteiger partial charge >= 0.3 is 7.12 Å². The topological polar surface area (TPSA) is 81.0 Å². The molecule has 5 nitrogen and oxygen atoms in total. The van der Waals surface area contributed by atoms with Gasteiger partial charge < -0.3 is 20.1 Å². The summed E-state index contributed by atoms with van der Waals surface area (Å²) in [6.07, 6.45) is 1.66. The SMILES string of the molecule is CCC1(O)CCN(C(=O)c2ccc(B(O)O)c(F)c2)CC1. The molecular weight excluding hydrogens is 276 g/mol. The summed E-state index contributed by atoms with van der Waals surface area (Å²) in [6, 6.07) is 3.58. The van der Waals surface area contributed by atoms with Crippen LogP contribution in [0.2, 0.25) is 0 Å². The smallest absolute Gasteiger partial charge is 0.423 e. The lowest BCUT2D eigenvalue weighted by atomic mass is 9.79. The van der Waals surface area contributed by atoms with Crippen LogP contribution >= 0.6 is 0 Å². The number of amides is 1. The maximum Gasteiger partial charge on any atom is 0.491 e. The van der Waals surface area contributed by atoms with Gasteiger partial charge in [0.2, 0.25) is 0 Å². The molecule has 21 heavy (non-hydrogen) atoms. The molecule has 1 saturated heterocycles. The van der Waals surface area contributed by atoms with E-state index < -0.39 is 18.5 Å². The van der Waals surface area contributed by atoms with E-state index in [1.54, 1.807) is 4.90 Å². The van der Waals surface area contributed by atoms with Crippen molar-refractivity contribution in [3.63, 3.8) is 0 Å². The standard InChI is InChI=1S/C14H19BFNO4/c1-2-14(19)5-7-17(8-6-14)13(18)10-3-4-11(15(20)21)12(16)9-10/h3-4,9,19-21H,2,5-8H2,1H3. The number of aliphatic hydroxyl groups is 1. The molecule has 0 saturated carbocycles. The van der Waals surface area contributed by atoms with Gasteiger partial charge in [0, 0.05) is 24.1 Å². The molecule has 1 aliphatic rings. The Morgan fingerprint density at radius 3 is 2.48 bits per heavy atom. The van der Waals surface area contributed by atoms with Crippen LogP contribution in [0.5, 0.6) is 0 Å². The zero-order valence-electron chi connectivity index (χ0n) is 11.9. The zero-order valence-corrected chi connectivity index (χ0v) is 11.9. The zero-order chi connectivity index (χ0) is 15.6. The molecule has 1 fully saturated rings. The lowest BCUT2D eigenvalue weighted by Crippen LogP contribution is -2.46. The second kappa shape index (κ2) is 6.13. The van der Waals surface area contributed by atoms with E-state index >= 15 is 0 Å². The van der Waals surface area contributed by atoms with Crippen LogP contribution in [0.3, 0.4) is 0 Å². The van der Waals surface area contributed by atoms with Crippen LogP contribution in [0.25, 0.3) is 0 Å². The van der Waals surface area contributed by atoms with Gasteiger partial charge in [0.25, 0.3) is 5.91 Å². The highest BCUT2D eigenvalue weighted by atomic mass is 19.1. The molecule has 0 radical (unpaired) electrons. The number of piperidine rings is 1. The van der Waals surface area contributed by atoms with Crippen LogP contribution in [-0.4, -0.2) is 51.8 Å². The molecule has 0 unspecified atom stereocenters. The fourth-order valence-electron chi connectivity index (χ4n) is 2.53. The molecule has 7 heteroatoms. The molecular formula is C14H19BFNO4. The minimum atomic E-state index is -1.90. The van der Waals surface area contributed by atoms with Crippen molar-refractivity contribution < 1.29 is 24.3 Å². The van der Waals surface area contributed by atoms with Gasteiger partial charge in [0.1, 0.15) is 5.82 Å². The van der Waals surface area contributed by atoms with E-state index in [2.05, 4.69) is 0 Å². The monoisotopic (exact) mass is 295 g/mol. The summed E-state index contributed by atoms with van der Waals surface area (Å²) in [7, 11) is -1.90. The van der Waals surface area contributed by atoms with Crippen LogP contribution in [0.4, 0.5) is 4.39 Å². The number of carbonyl (C=O) groups excluding carboxylic acids is 1. The van der Waals surface area contributed by atoms with Crippen molar-refractivity contribution in [2.45, 2.75) is 31.8 Å². The molecule has 114 valence electrons. The second-order valence-corrected chi connectivity index (χ2v) is 5.48. The molecule has 0 aliphatic carbocycles. The predicted octanol–water partition coefficient (Wildman–Crippen LogP) is -0.117. The summed E-state index contributed by atoms with van der Waals surface area (Å²) in [6.45, 7) is 2.76. The van der Waals surface area contributed by atoms with Crippen LogP contribution in [-0.2, 0) is 0 Å². The predicted molar refractivity (Wildman–Crippen MR) is 76.6 cm³/mol. The fourth-order valence-corrected chi connectivity index (χ4v) is 2.53. The van der Waals surface area contributed by atoms with Gasteiger partial charge in [0.15, 0.2) is 0 Å². The third kappa shape index (κ3) is 3.43. The van der Waals surface area contributed by atoms with Gasteiger partial charge in [-0.3, -0.25) is 4.79 Å². The van der Waals surface area contributed by atoms with E-state index in [1.165, 1.54) is 12.1 Å². The van der Waals surface area contributed by atoms with Gasteiger partial charge in [-0.15, -0.1) is 0 Å². The van der Waals surface area contributed by atoms with Gasteiger partial charge in [-0.2, -0.15) is 0 Å². The molecule has 1 aromatic carbocycles. The molecule has 1 aliphatic heterocycles. The summed E-state index contributed by atoms with van der Waals surface area (Å²) in [4.78, 5) is 13.9. The number of rotatable bonds is 3. The largest absolute Gasteiger partial charge is 0.491 e. The first-order valence-electron chi connectivity index (χ1n) is 7.03. The molecule has 1 amide bonds. The van der Waals surface area contributed by atoms with Gasteiger partial charge in [-0.1, -0.05) is 13.0 Å². The van der Waals surface area contributed by atoms with E-state index in [4.69, 9.17) is 10.0 Å². The van der Waals surface area contributed by atoms with Crippen molar-refractivity contribution in [3.8, 4) is 0 Å². The Morgan fingerprint density at radius 2 is 2.00 bits per heavy atom. The normalized spacial score (nSPS) is 17.7. The molecule has 0 bridgehead atoms. The van der Waals surface area contributed by atoms with Crippen molar-refractivity contribution in [1.29, 1.82) is 0 Å². The number of likely N-dealkylation sites (tertiary alicyclic amines) is 1. The maximum absolute atomic E-state index is 13.7. The Balaban J connectivity index is 2.09. The third-order valence-corrected chi connectivity index (χ3v) is 4.17. The van der Waals surface area contributed by atoms with Crippen LogP contribution in [0.15, 0.2) is 18.2 Å². The van der Waals surface area contributed by atoms with Gasteiger partial charge in [-0.25, -0.2) is 4.39 Å². The van der Waals surface area contributed by atoms with Crippen molar-refractivity contribution in [2.75, 3.05) is 13.1 Å². The summed E-state index contributed by atoms with van der Waals surface area (Å²) >= 11 is 0. The summed E-state index contributed by atoms with van der Waals surface area (Å²) < 4.78 is 13.7. The highest BCUT2D eigenvalue weighted by Crippen LogP contribution is 2.26. The van der Waals surface area contributed by atoms with E-state index in [9.17, 15) is 14.3 Å². The lowest BCUT2D eigenvalue weighted by molar-refractivity contribution is -0.0193. The molecule has 1 aromatic rings. The van der Waals surface area contributed by atoms with Crippen LogP contribution < -0.4 is 5.46 Å². The van der Waals surface area contributed by atoms with Crippen molar-refractivity contribution in [2.24, 2.45) is 0 Å². The molecule has 0 atom stereocenters. The van der Waals surface area contributed by atoms with Crippen molar-refractivity contribution in [3.05, 3.63) is 29.6 Å². The highest BCUT2D eigenvalue weighted by molar-refractivity contribution is 6.58. The average molecular weight is 295 g/mol. The van der Waals surface area contributed by atoms with Crippen molar-refractivity contribution >= 4 is 18.5 Å². The Bertz CT molecular complexity index is 530. The Kier molecular flexibility index (Phi) is 4.66. The molecule has 0 spiro atoms. The summed E-state index contributed by atoms with van der Waals surface area (Å²) in [5.41, 5.74) is -0.809. The van der Waals surface area contributed by atoms with Crippen molar-refractivity contribution in [1.82, 2.24) is 4.90 Å². The first kappa shape index (κ1) is 15.9.